The standard InChI is InChI=1S/C12H21N3S/c1-11(5-8-15-7-3-6-14-15)13-10-12-4-2-9-16-12/h3,6-7,11-13H,2,4-5,8-10H2,1H3. The van der Waals surface area contributed by atoms with E-state index in [1.165, 1.54) is 25.1 Å². The molecule has 16 heavy (non-hydrogen) atoms. The Morgan fingerprint density at radius 2 is 2.56 bits per heavy atom. The summed E-state index contributed by atoms with van der Waals surface area (Å²) >= 11 is 2.12. The largest absolute Gasteiger partial charge is 0.313 e. The second-order valence-corrected chi connectivity index (χ2v) is 5.91. The molecule has 1 aliphatic rings. The van der Waals surface area contributed by atoms with Gasteiger partial charge in [-0.25, -0.2) is 0 Å². The van der Waals surface area contributed by atoms with E-state index < -0.39 is 0 Å². The van der Waals surface area contributed by atoms with Crippen LogP contribution in [0.4, 0.5) is 0 Å². The number of thioether (sulfide) groups is 1. The first-order valence-corrected chi connectivity index (χ1v) is 7.22. The van der Waals surface area contributed by atoms with Gasteiger partial charge in [-0.05, 0) is 38.0 Å². The van der Waals surface area contributed by atoms with Crippen molar-refractivity contribution >= 4 is 11.8 Å². The number of aromatic nitrogens is 2. The van der Waals surface area contributed by atoms with E-state index in [1.54, 1.807) is 0 Å². The van der Waals surface area contributed by atoms with Crippen LogP contribution in [0.1, 0.15) is 26.2 Å². The van der Waals surface area contributed by atoms with Gasteiger partial charge in [0.2, 0.25) is 0 Å². The minimum Gasteiger partial charge on any atom is -0.313 e. The minimum atomic E-state index is 0.588. The Labute approximate surface area is 102 Å². The SMILES string of the molecule is CC(CCn1cccn1)NCC1CCCS1. The Hall–Kier alpha value is -0.480. The van der Waals surface area contributed by atoms with Crippen LogP contribution in [0.3, 0.4) is 0 Å². The van der Waals surface area contributed by atoms with Gasteiger partial charge >= 0.3 is 0 Å². The van der Waals surface area contributed by atoms with Crippen molar-refractivity contribution in [1.82, 2.24) is 15.1 Å². The topological polar surface area (TPSA) is 29.9 Å². The predicted octanol–water partition coefficient (Wildman–Crippen LogP) is 2.15. The number of rotatable bonds is 6. The summed E-state index contributed by atoms with van der Waals surface area (Å²) in [6.45, 7) is 4.45. The van der Waals surface area contributed by atoms with E-state index in [4.69, 9.17) is 0 Å². The Kier molecular flexibility index (Phi) is 4.72. The first-order chi connectivity index (χ1) is 7.84. The van der Waals surface area contributed by atoms with E-state index in [-0.39, 0.29) is 0 Å². The highest BCUT2D eigenvalue weighted by Gasteiger charge is 2.15. The molecule has 3 nitrogen and oxygen atoms in total. The lowest BCUT2D eigenvalue weighted by atomic mass is 10.2. The van der Waals surface area contributed by atoms with E-state index in [2.05, 4.69) is 29.1 Å². The van der Waals surface area contributed by atoms with Gasteiger partial charge in [-0.15, -0.1) is 0 Å². The van der Waals surface area contributed by atoms with Crippen molar-refractivity contribution < 1.29 is 0 Å². The molecule has 0 aliphatic carbocycles. The summed E-state index contributed by atoms with van der Waals surface area (Å²) in [6, 6.07) is 2.57. The van der Waals surface area contributed by atoms with E-state index in [1.807, 2.05) is 23.1 Å². The van der Waals surface area contributed by atoms with Crippen molar-refractivity contribution in [1.29, 1.82) is 0 Å². The van der Waals surface area contributed by atoms with Crippen LogP contribution in [0.15, 0.2) is 18.5 Å². The fraction of sp³-hybridized carbons (Fsp3) is 0.750. The molecule has 0 spiro atoms. The molecule has 0 saturated carbocycles. The average molecular weight is 239 g/mol. The number of nitrogens with zero attached hydrogens (tertiary/aromatic N) is 2. The van der Waals surface area contributed by atoms with E-state index in [0.717, 1.165) is 18.2 Å². The van der Waals surface area contributed by atoms with Gasteiger partial charge in [0.1, 0.15) is 0 Å². The molecule has 0 radical (unpaired) electrons. The van der Waals surface area contributed by atoms with Crippen molar-refractivity contribution in [2.24, 2.45) is 0 Å². The van der Waals surface area contributed by atoms with Gasteiger partial charge < -0.3 is 5.32 Å². The van der Waals surface area contributed by atoms with Crippen molar-refractivity contribution in [2.75, 3.05) is 12.3 Å². The minimum absolute atomic E-state index is 0.588. The van der Waals surface area contributed by atoms with Crippen LogP contribution in [-0.2, 0) is 6.54 Å². The number of hydrogen-bond donors (Lipinski definition) is 1. The maximum Gasteiger partial charge on any atom is 0.0489 e. The lowest BCUT2D eigenvalue weighted by molar-refractivity contribution is 0.456. The van der Waals surface area contributed by atoms with E-state index >= 15 is 0 Å². The van der Waals surface area contributed by atoms with Crippen LogP contribution in [0.5, 0.6) is 0 Å². The maximum absolute atomic E-state index is 4.21. The molecule has 1 fully saturated rings. The Bertz CT molecular complexity index is 280. The van der Waals surface area contributed by atoms with Crippen LogP contribution < -0.4 is 5.32 Å². The zero-order valence-electron chi connectivity index (χ0n) is 9.93. The summed E-state index contributed by atoms with van der Waals surface area (Å²) in [6.07, 6.45) is 7.81. The molecule has 2 heterocycles. The van der Waals surface area contributed by atoms with Gasteiger partial charge in [-0.3, -0.25) is 4.68 Å². The smallest absolute Gasteiger partial charge is 0.0489 e. The highest BCUT2D eigenvalue weighted by Crippen LogP contribution is 2.25. The molecule has 2 atom stereocenters. The molecule has 0 bridgehead atoms. The molecule has 1 N–H and O–H groups in total. The molecule has 1 saturated heterocycles. The first-order valence-electron chi connectivity index (χ1n) is 6.17. The maximum atomic E-state index is 4.21. The van der Waals surface area contributed by atoms with Gasteiger partial charge in [-0.2, -0.15) is 16.9 Å². The highest BCUT2D eigenvalue weighted by molar-refractivity contribution is 8.00. The molecular formula is C12H21N3S. The Morgan fingerprint density at radius 3 is 3.25 bits per heavy atom. The summed E-state index contributed by atoms with van der Waals surface area (Å²) < 4.78 is 2.00. The zero-order chi connectivity index (χ0) is 11.2. The molecule has 0 amide bonds. The van der Waals surface area contributed by atoms with Crippen LogP contribution in [0.2, 0.25) is 0 Å². The van der Waals surface area contributed by atoms with E-state index in [0.29, 0.717) is 6.04 Å². The molecule has 1 aromatic rings. The first kappa shape index (κ1) is 12.0. The second-order valence-electron chi connectivity index (χ2n) is 4.50. The molecule has 1 aromatic heterocycles. The lowest BCUT2D eigenvalue weighted by Crippen LogP contribution is -2.32. The Morgan fingerprint density at radius 1 is 1.62 bits per heavy atom. The monoisotopic (exact) mass is 239 g/mol. The molecule has 2 unspecified atom stereocenters. The molecule has 1 aliphatic heterocycles. The third-order valence-corrected chi connectivity index (χ3v) is 4.47. The summed E-state index contributed by atoms with van der Waals surface area (Å²) in [5.74, 6) is 1.36. The van der Waals surface area contributed by atoms with Crippen molar-refractivity contribution in [3.63, 3.8) is 0 Å². The zero-order valence-corrected chi connectivity index (χ0v) is 10.7. The molecular weight excluding hydrogens is 218 g/mol. The molecule has 4 heteroatoms. The van der Waals surface area contributed by atoms with Gasteiger partial charge in [0.25, 0.3) is 0 Å². The van der Waals surface area contributed by atoms with Crippen LogP contribution >= 0.6 is 11.8 Å². The van der Waals surface area contributed by atoms with Gasteiger partial charge in [0.05, 0.1) is 0 Å². The fourth-order valence-electron chi connectivity index (χ4n) is 2.00. The molecule has 2 rings (SSSR count). The van der Waals surface area contributed by atoms with Gasteiger partial charge in [-0.1, -0.05) is 0 Å². The molecule has 0 aromatic carbocycles. The fourth-order valence-corrected chi connectivity index (χ4v) is 3.21. The summed E-state index contributed by atoms with van der Waals surface area (Å²) in [4.78, 5) is 0. The molecule has 90 valence electrons. The lowest BCUT2D eigenvalue weighted by Gasteiger charge is -2.16. The summed E-state index contributed by atoms with van der Waals surface area (Å²) in [5, 5.41) is 8.69. The third-order valence-electron chi connectivity index (χ3n) is 3.07. The quantitative estimate of drug-likeness (QED) is 0.825. The summed E-state index contributed by atoms with van der Waals surface area (Å²) in [7, 11) is 0. The number of hydrogen-bond acceptors (Lipinski definition) is 3. The average Bonchev–Trinajstić information content (AvgIpc) is 2.96. The third kappa shape index (κ3) is 3.83. The van der Waals surface area contributed by atoms with E-state index in [9.17, 15) is 0 Å². The van der Waals surface area contributed by atoms with Crippen molar-refractivity contribution in [2.45, 2.75) is 44.0 Å². The van der Waals surface area contributed by atoms with Gasteiger partial charge in [0.15, 0.2) is 0 Å². The van der Waals surface area contributed by atoms with Crippen molar-refractivity contribution in [3.05, 3.63) is 18.5 Å². The van der Waals surface area contributed by atoms with Crippen LogP contribution in [0.25, 0.3) is 0 Å². The normalized spacial score (nSPS) is 22.4. The van der Waals surface area contributed by atoms with Crippen LogP contribution in [-0.4, -0.2) is 33.4 Å². The van der Waals surface area contributed by atoms with Crippen LogP contribution in [0, 0.1) is 0 Å². The predicted molar refractivity (Wildman–Crippen MR) is 69.8 cm³/mol. The summed E-state index contributed by atoms with van der Waals surface area (Å²) in [5.41, 5.74) is 0. The second kappa shape index (κ2) is 6.30. The Balaban J connectivity index is 1.58. The highest BCUT2D eigenvalue weighted by atomic mass is 32.2. The van der Waals surface area contributed by atoms with Crippen molar-refractivity contribution in [3.8, 4) is 0 Å². The number of nitrogens with one attached hydrogen (secondary N) is 1. The van der Waals surface area contributed by atoms with Gasteiger partial charge in [0, 0.05) is 36.8 Å². The number of aryl methyl sites for hydroxylation is 1.